The first-order chi connectivity index (χ1) is 11.8. The van der Waals surface area contributed by atoms with Gasteiger partial charge in [-0.05, 0) is 30.5 Å². The van der Waals surface area contributed by atoms with E-state index < -0.39 is 6.10 Å². The lowest BCUT2D eigenvalue weighted by Gasteiger charge is -2.12. The number of Topliss-reactive ketones (excluding diaryl/α,β-unsaturated/α-hetero) is 1. The molecule has 1 aliphatic carbocycles. The second-order valence-corrected chi connectivity index (χ2v) is 6.13. The topological polar surface area (TPSA) is 47.6 Å². The molecule has 122 valence electrons. The fourth-order valence-electron chi connectivity index (χ4n) is 2.89. The molecule has 0 amide bonds. The number of carbonyl (C=O) groups excluding carboxylic acids is 1. The van der Waals surface area contributed by atoms with Crippen LogP contribution in [0.3, 0.4) is 0 Å². The van der Waals surface area contributed by atoms with Gasteiger partial charge in [0.15, 0.2) is 12.0 Å². The van der Waals surface area contributed by atoms with E-state index in [0.717, 1.165) is 29.7 Å². The number of nitrogens with one attached hydrogen (secondary N) is 1. The SMILES string of the molecule is COc1cccc(C2=C(NC3CC3)OC(c3ccccc3)C2=O)c1. The number of methoxy groups -OCH3 is 1. The van der Waals surface area contributed by atoms with E-state index in [1.807, 2.05) is 54.6 Å². The minimum atomic E-state index is -0.589. The van der Waals surface area contributed by atoms with E-state index in [2.05, 4.69) is 5.32 Å². The van der Waals surface area contributed by atoms with Gasteiger partial charge in [-0.1, -0.05) is 42.5 Å². The van der Waals surface area contributed by atoms with Crippen molar-refractivity contribution in [3.05, 3.63) is 71.6 Å². The van der Waals surface area contributed by atoms with Crippen molar-refractivity contribution in [3.8, 4) is 5.75 Å². The Hall–Kier alpha value is -2.75. The molecule has 0 aromatic heterocycles. The van der Waals surface area contributed by atoms with Gasteiger partial charge in [0.05, 0.1) is 12.7 Å². The van der Waals surface area contributed by atoms with Crippen LogP contribution >= 0.6 is 0 Å². The molecule has 1 fully saturated rings. The fourth-order valence-corrected chi connectivity index (χ4v) is 2.89. The first-order valence-corrected chi connectivity index (χ1v) is 8.17. The van der Waals surface area contributed by atoms with Gasteiger partial charge < -0.3 is 14.8 Å². The fraction of sp³-hybridized carbons (Fsp3) is 0.250. The van der Waals surface area contributed by atoms with Crippen LogP contribution in [-0.2, 0) is 9.53 Å². The minimum absolute atomic E-state index is 0.0161. The Bertz CT molecular complexity index is 794. The van der Waals surface area contributed by atoms with Gasteiger partial charge in [-0.15, -0.1) is 0 Å². The molecule has 1 saturated carbocycles. The van der Waals surface area contributed by atoms with Gasteiger partial charge in [0.25, 0.3) is 0 Å². The first-order valence-electron chi connectivity index (χ1n) is 8.17. The summed E-state index contributed by atoms with van der Waals surface area (Å²) in [6, 6.07) is 17.6. The average Bonchev–Trinajstić information content (AvgIpc) is 3.38. The van der Waals surface area contributed by atoms with Gasteiger partial charge in [0.1, 0.15) is 5.75 Å². The summed E-state index contributed by atoms with van der Waals surface area (Å²) in [4.78, 5) is 13.1. The number of hydrogen-bond acceptors (Lipinski definition) is 4. The van der Waals surface area contributed by atoms with E-state index >= 15 is 0 Å². The highest BCUT2D eigenvalue weighted by Gasteiger charge is 2.39. The summed E-state index contributed by atoms with van der Waals surface area (Å²) in [5.41, 5.74) is 2.30. The maximum Gasteiger partial charge on any atom is 0.213 e. The highest BCUT2D eigenvalue weighted by Crippen LogP contribution is 2.39. The van der Waals surface area contributed by atoms with E-state index in [-0.39, 0.29) is 5.78 Å². The molecule has 1 atom stereocenters. The second-order valence-electron chi connectivity index (χ2n) is 6.13. The van der Waals surface area contributed by atoms with Gasteiger partial charge in [-0.2, -0.15) is 0 Å². The summed E-state index contributed by atoms with van der Waals surface area (Å²) in [5, 5.41) is 3.36. The van der Waals surface area contributed by atoms with E-state index in [9.17, 15) is 4.79 Å². The molecule has 0 spiro atoms. The van der Waals surface area contributed by atoms with Crippen molar-refractivity contribution in [1.29, 1.82) is 0 Å². The van der Waals surface area contributed by atoms with E-state index in [0.29, 0.717) is 17.5 Å². The Morgan fingerprint density at radius 3 is 2.58 bits per heavy atom. The number of ether oxygens (including phenoxy) is 2. The zero-order chi connectivity index (χ0) is 16.5. The third kappa shape index (κ3) is 2.75. The van der Waals surface area contributed by atoms with Crippen molar-refractivity contribution in [2.75, 3.05) is 7.11 Å². The van der Waals surface area contributed by atoms with Gasteiger partial charge in [-0.25, -0.2) is 0 Å². The lowest BCUT2D eigenvalue weighted by Crippen LogP contribution is -2.17. The second kappa shape index (κ2) is 6.04. The molecular weight excluding hydrogens is 302 g/mol. The van der Waals surface area contributed by atoms with Crippen molar-refractivity contribution in [2.45, 2.75) is 25.0 Å². The van der Waals surface area contributed by atoms with Crippen LogP contribution in [0.25, 0.3) is 5.57 Å². The summed E-state index contributed by atoms with van der Waals surface area (Å²) in [6.45, 7) is 0. The van der Waals surface area contributed by atoms with Crippen LogP contribution in [0.15, 0.2) is 60.5 Å². The number of benzene rings is 2. The molecule has 0 bridgehead atoms. The lowest BCUT2D eigenvalue weighted by atomic mass is 9.97. The molecule has 4 nitrogen and oxygen atoms in total. The van der Waals surface area contributed by atoms with Crippen LogP contribution in [0.2, 0.25) is 0 Å². The highest BCUT2D eigenvalue weighted by molar-refractivity contribution is 6.25. The maximum atomic E-state index is 13.1. The summed E-state index contributed by atoms with van der Waals surface area (Å²) >= 11 is 0. The maximum absolute atomic E-state index is 13.1. The third-order valence-electron chi connectivity index (χ3n) is 4.32. The van der Waals surface area contributed by atoms with Crippen molar-refractivity contribution in [3.63, 3.8) is 0 Å². The predicted molar refractivity (Wildman–Crippen MR) is 91.3 cm³/mol. The monoisotopic (exact) mass is 321 g/mol. The van der Waals surface area contributed by atoms with Crippen LogP contribution in [0.4, 0.5) is 0 Å². The molecular formula is C20H19NO3. The van der Waals surface area contributed by atoms with Crippen LogP contribution in [0.1, 0.15) is 30.1 Å². The van der Waals surface area contributed by atoms with Gasteiger partial charge >= 0.3 is 0 Å². The highest BCUT2D eigenvalue weighted by atomic mass is 16.5. The Morgan fingerprint density at radius 1 is 1.08 bits per heavy atom. The van der Waals surface area contributed by atoms with Crippen LogP contribution < -0.4 is 10.1 Å². The molecule has 2 aliphatic rings. The van der Waals surface area contributed by atoms with E-state index in [1.165, 1.54) is 0 Å². The molecule has 1 N–H and O–H groups in total. The van der Waals surface area contributed by atoms with Gasteiger partial charge in [-0.3, -0.25) is 4.79 Å². The normalized spacial score (nSPS) is 20.0. The quantitative estimate of drug-likeness (QED) is 0.916. The molecule has 0 radical (unpaired) electrons. The van der Waals surface area contributed by atoms with Crippen molar-refractivity contribution in [2.24, 2.45) is 0 Å². The van der Waals surface area contributed by atoms with E-state index in [4.69, 9.17) is 9.47 Å². The van der Waals surface area contributed by atoms with Crippen LogP contribution in [0, 0.1) is 0 Å². The summed E-state index contributed by atoms with van der Waals surface area (Å²) in [5.74, 6) is 1.30. The zero-order valence-corrected chi connectivity index (χ0v) is 13.5. The number of carbonyl (C=O) groups is 1. The molecule has 1 unspecified atom stereocenters. The predicted octanol–water partition coefficient (Wildman–Crippen LogP) is 3.46. The van der Waals surface area contributed by atoms with E-state index in [1.54, 1.807) is 7.11 Å². The molecule has 4 heteroatoms. The first kappa shape index (κ1) is 14.8. The average molecular weight is 321 g/mol. The molecule has 24 heavy (non-hydrogen) atoms. The third-order valence-corrected chi connectivity index (χ3v) is 4.32. The standard InChI is InChI=1S/C20H19NO3/c1-23-16-9-5-8-14(12-16)17-18(22)19(13-6-3-2-4-7-13)24-20(17)21-15-10-11-15/h2-9,12,15,19,21H,10-11H2,1H3. The summed E-state index contributed by atoms with van der Waals surface area (Å²) < 4.78 is 11.3. The van der Waals surface area contributed by atoms with Gasteiger partial charge in [0.2, 0.25) is 5.78 Å². The molecule has 1 aliphatic heterocycles. The van der Waals surface area contributed by atoms with Crippen molar-refractivity contribution >= 4 is 11.4 Å². The molecule has 0 saturated heterocycles. The van der Waals surface area contributed by atoms with Crippen LogP contribution in [0.5, 0.6) is 5.75 Å². The van der Waals surface area contributed by atoms with Crippen molar-refractivity contribution < 1.29 is 14.3 Å². The van der Waals surface area contributed by atoms with Crippen LogP contribution in [-0.4, -0.2) is 18.9 Å². The Labute approximate surface area is 141 Å². The summed E-state index contributed by atoms with van der Waals surface area (Å²) in [7, 11) is 1.62. The Kier molecular flexibility index (Phi) is 3.73. The lowest BCUT2D eigenvalue weighted by molar-refractivity contribution is -0.120. The van der Waals surface area contributed by atoms with Crippen molar-refractivity contribution in [1.82, 2.24) is 5.32 Å². The number of hydrogen-bond donors (Lipinski definition) is 1. The largest absolute Gasteiger partial charge is 0.497 e. The molecule has 2 aromatic carbocycles. The Balaban J connectivity index is 1.72. The van der Waals surface area contributed by atoms with Gasteiger partial charge in [0, 0.05) is 11.6 Å². The molecule has 1 heterocycles. The number of rotatable bonds is 5. The zero-order valence-electron chi connectivity index (χ0n) is 13.5. The number of ketones is 1. The molecule has 2 aromatic rings. The summed E-state index contributed by atoms with van der Waals surface area (Å²) in [6.07, 6.45) is 1.64. The molecule has 4 rings (SSSR count). The smallest absolute Gasteiger partial charge is 0.213 e. The Morgan fingerprint density at radius 2 is 1.88 bits per heavy atom. The minimum Gasteiger partial charge on any atom is -0.497 e.